The van der Waals surface area contributed by atoms with Gasteiger partial charge in [-0.15, -0.1) is 0 Å². The second kappa shape index (κ2) is 14.7. The largest absolute Gasteiger partial charge is 0.375 e. The van der Waals surface area contributed by atoms with Gasteiger partial charge in [0.25, 0.3) is 0 Å². The second-order valence-electron chi connectivity index (χ2n) is 10.6. The van der Waals surface area contributed by atoms with Crippen LogP contribution in [0.3, 0.4) is 0 Å². The number of rotatable bonds is 14. The molecule has 1 aliphatic heterocycles. The monoisotopic (exact) mass is 586 g/mol. The third kappa shape index (κ3) is 8.35. The van der Waals surface area contributed by atoms with Gasteiger partial charge in [-0.25, -0.2) is 13.1 Å². The third-order valence-electron chi connectivity index (χ3n) is 7.35. The summed E-state index contributed by atoms with van der Waals surface area (Å²) in [7, 11) is -3.72. The Labute approximate surface area is 248 Å². The van der Waals surface area contributed by atoms with Gasteiger partial charge in [0.1, 0.15) is 12.2 Å². The van der Waals surface area contributed by atoms with Crippen LogP contribution in [-0.2, 0) is 44.1 Å². The average molecular weight is 587 g/mol. The minimum Gasteiger partial charge on any atom is -0.375 e. The minimum atomic E-state index is -3.72. The van der Waals surface area contributed by atoms with Gasteiger partial charge in [-0.1, -0.05) is 109 Å². The molecule has 8 heteroatoms. The predicted octanol–water partition coefficient (Wildman–Crippen LogP) is 5.00. The topological polar surface area (TPSA) is 85.9 Å². The van der Waals surface area contributed by atoms with Crippen molar-refractivity contribution in [1.29, 1.82) is 0 Å². The van der Waals surface area contributed by atoms with Gasteiger partial charge < -0.3 is 19.5 Å². The molecule has 0 aliphatic carbocycles. The molecule has 220 valence electrons. The molecule has 1 aliphatic rings. The average Bonchev–Trinajstić information content (AvgIpc) is 3.35. The zero-order chi connectivity index (χ0) is 29.2. The molecule has 4 atom stereocenters. The van der Waals surface area contributed by atoms with E-state index in [1.54, 1.807) is 24.3 Å². The summed E-state index contributed by atoms with van der Waals surface area (Å²) in [5.41, 5.74) is 4.16. The molecular formula is C34H38N2O5S. The lowest BCUT2D eigenvalue weighted by molar-refractivity contribution is -0.0853. The maximum absolute atomic E-state index is 13.2. The summed E-state index contributed by atoms with van der Waals surface area (Å²) in [5, 5.41) is 3.58. The Morgan fingerprint density at radius 3 is 1.64 bits per heavy atom. The molecule has 0 spiro atoms. The van der Waals surface area contributed by atoms with Crippen LogP contribution in [0, 0.1) is 6.92 Å². The van der Waals surface area contributed by atoms with E-state index in [4.69, 9.17) is 14.2 Å². The summed E-state index contributed by atoms with van der Waals surface area (Å²) in [6, 6.07) is 36.2. The van der Waals surface area contributed by atoms with Crippen molar-refractivity contribution in [2.75, 3.05) is 13.2 Å². The molecule has 7 nitrogen and oxygen atoms in total. The summed E-state index contributed by atoms with van der Waals surface area (Å²) in [4.78, 5) is 0.229. The van der Waals surface area contributed by atoms with Gasteiger partial charge in [0.2, 0.25) is 10.0 Å². The number of nitrogens with one attached hydrogen (secondary N) is 2. The molecule has 5 rings (SSSR count). The lowest BCUT2D eigenvalue weighted by Crippen LogP contribution is -2.45. The van der Waals surface area contributed by atoms with Crippen LogP contribution in [0.15, 0.2) is 120 Å². The molecule has 0 saturated carbocycles. The number of aryl methyl sites for hydroxylation is 1. The van der Waals surface area contributed by atoms with Crippen LogP contribution in [0.5, 0.6) is 0 Å². The normalized spacial score (nSPS) is 20.5. The van der Waals surface area contributed by atoms with Gasteiger partial charge >= 0.3 is 0 Å². The Morgan fingerprint density at radius 2 is 1.12 bits per heavy atom. The van der Waals surface area contributed by atoms with Gasteiger partial charge in [0.15, 0.2) is 0 Å². The van der Waals surface area contributed by atoms with Crippen LogP contribution in [0.25, 0.3) is 0 Å². The van der Waals surface area contributed by atoms with Crippen molar-refractivity contribution >= 4 is 10.0 Å². The highest BCUT2D eigenvalue weighted by Gasteiger charge is 2.45. The number of sulfonamides is 1. The molecule has 0 aromatic heterocycles. The Bertz CT molecular complexity index is 1470. The highest BCUT2D eigenvalue weighted by Crippen LogP contribution is 2.25. The van der Waals surface area contributed by atoms with Gasteiger partial charge in [-0.05, 0) is 35.7 Å². The SMILES string of the molecule is Cc1ccc(S(=O)(=O)NC[C@@H]2N[C@@H](COCc3ccccc3)[C@@H](OCc3ccccc3)[C@@H]2OCc2ccccc2)cc1. The first-order valence-corrected chi connectivity index (χ1v) is 15.7. The number of hydrogen-bond donors (Lipinski definition) is 2. The first-order valence-electron chi connectivity index (χ1n) is 14.2. The first kappa shape index (κ1) is 30.1. The summed E-state index contributed by atoms with van der Waals surface area (Å²) >= 11 is 0. The Balaban J connectivity index is 1.34. The van der Waals surface area contributed by atoms with E-state index in [1.165, 1.54) is 0 Å². The van der Waals surface area contributed by atoms with Crippen LogP contribution in [0.1, 0.15) is 22.3 Å². The molecule has 4 aromatic carbocycles. The van der Waals surface area contributed by atoms with E-state index < -0.39 is 16.1 Å². The maximum atomic E-state index is 13.2. The highest BCUT2D eigenvalue weighted by atomic mass is 32.2. The molecule has 0 bridgehead atoms. The molecule has 1 fully saturated rings. The van der Waals surface area contributed by atoms with Crippen molar-refractivity contribution in [3.63, 3.8) is 0 Å². The van der Waals surface area contributed by atoms with Crippen LogP contribution in [0.2, 0.25) is 0 Å². The summed E-state index contributed by atoms with van der Waals surface area (Å²) in [6.45, 7) is 3.67. The number of ether oxygens (including phenoxy) is 3. The molecule has 1 heterocycles. The molecule has 4 aromatic rings. The fraction of sp³-hybridized carbons (Fsp3) is 0.294. The number of hydrogen-bond acceptors (Lipinski definition) is 6. The molecule has 1 saturated heterocycles. The molecule has 0 amide bonds. The number of benzene rings is 4. The van der Waals surface area contributed by atoms with E-state index in [-0.39, 0.29) is 29.6 Å². The molecule has 0 radical (unpaired) electrons. The lowest BCUT2D eigenvalue weighted by Gasteiger charge is -2.26. The fourth-order valence-electron chi connectivity index (χ4n) is 5.07. The summed E-state index contributed by atoms with van der Waals surface area (Å²) < 4.78 is 48.3. The van der Waals surface area contributed by atoms with Crippen LogP contribution < -0.4 is 10.0 Å². The third-order valence-corrected chi connectivity index (χ3v) is 8.79. The lowest BCUT2D eigenvalue weighted by atomic mass is 10.1. The zero-order valence-electron chi connectivity index (χ0n) is 23.8. The highest BCUT2D eigenvalue weighted by molar-refractivity contribution is 7.89. The quantitative estimate of drug-likeness (QED) is 0.216. The van der Waals surface area contributed by atoms with Crippen LogP contribution in [0.4, 0.5) is 0 Å². The minimum absolute atomic E-state index is 0.135. The standard InChI is InChI=1S/C34H38N2O5S/c1-26-17-19-30(20-18-26)42(37,38)35-21-31-33(40-23-28-13-7-3-8-14-28)34(41-24-29-15-9-4-10-16-29)32(36-31)25-39-22-27-11-5-2-6-12-27/h2-20,31-36H,21-25H2,1H3/t31-,32-,33+,34+/m0/s1. The van der Waals surface area contributed by atoms with Gasteiger partial charge in [-0.2, -0.15) is 0 Å². The van der Waals surface area contributed by atoms with Crippen LogP contribution in [-0.4, -0.2) is 45.9 Å². The van der Waals surface area contributed by atoms with Gasteiger partial charge in [0.05, 0.1) is 37.4 Å². The van der Waals surface area contributed by atoms with E-state index in [0.29, 0.717) is 26.4 Å². The summed E-state index contributed by atoms with van der Waals surface area (Å²) in [5.74, 6) is 0. The van der Waals surface area contributed by atoms with Crippen molar-refractivity contribution in [2.45, 2.75) is 55.9 Å². The van der Waals surface area contributed by atoms with E-state index in [0.717, 1.165) is 22.3 Å². The van der Waals surface area contributed by atoms with Crippen LogP contribution >= 0.6 is 0 Å². The van der Waals surface area contributed by atoms with Gasteiger partial charge in [0, 0.05) is 12.6 Å². The van der Waals surface area contributed by atoms with Gasteiger partial charge in [-0.3, -0.25) is 0 Å². The van der Waals surface area contributed by atoms with Crippen molar-refractivity contribution in [3.05, 3.63) is 138 Å². The first-order chi connectivity index (χ1) is 20.5. The molecular weight excluding hydrogens is 548 g/mol. The Morgan fingerprint density at radius 1 is 0.643 bits per heavy atom. The smallest absolute Gasteiger partial charge is 0.240 e. The molecule has 42 heavy (non-hydrogen) atoms. The van der Waals surface area contributed by atoms with Crippen molar-refractivity contribution in [1.82, 2.24) is 10.0 Å². The van der Waals surface area contributed by atoms with E-state index >= 15 is 0 Å². The molecule has 0 unspecified atom stereocenters. The van der Waals surface area contributed by atoms with E-state index in [1.807, 2.05) is 97.9 Å². The van der Waals surface area contributed by atoms with Crippen molar-refractivity contribution < 1.29 is 22.6 Å². The second-order valence-corrected chi connectivity index (χ2v) is 12.3. The fourth-order valence-corrected chi connectivity index (χ4v) is 6.13. The predicted molar refractivity (Wildman–Crippen MR) is 163 cm³/mol. The van der Waals surface area contributed by atoms with Crippen molar-refractivity contribution in [3.8, 4) is 0 Å². The van der Waals surface area contributed by atoms with Crippen molar-refractivity contribution in [2.24, 2.45) is 0 Å². The maximum Gasteiger partial charge on any atom is 0.240 e. The Hall–Kier alpha value is -3.37. The summed E-state index contributed by atoms with van der Waals surface area (Å²) in [6.07, 6.45) is -0.807. The Kier molecular flexibility index (Phi) is 10.5. The van der Waals surface area contributed by atoms with E-state index in [9.17, 15) is 8.42 Å². The molecule has 2 N–H and O–H groups in total. The zero-order valence-corrected chi connectivity index (χ0v) is 24.6. The van der Waals surface area contributed by atoms with E-state index in [2.05, 4.69) is 10.0 Å².